The van der Waals surface area contributed by atoms with Crippen LogP contribution in [0.2, 0.25) is 0 Å². The molecular formula is C13H10O3S. The standard InChI is InChI=1S/C13H10O3S/c1-8-11(10-5-3-7-17-10)12(16-13(8)14)9-4-2-6-15-9/h2-7,11-12H,1H2/t11-,12+/m1/s1. The maximum Gasteiger partial charge on any atom is 0.334 e. The molecule has 0 bridgehead atoms. The van der Waals surface area contributed by atoms with Crippen LogP contribution in [0.15, 0.2) is 52.5 Å². The van der Waals surface area contributed by atoms with Gasteiger partial charge in [-0.3, -0.25) is 0 Å². The van der Waals surface area contributed by atoms with Gasteiger partial charge in [0, 0.05) is 10.5 Å². The van der Waals surface area contributed by atoms with E-state index in [1.807, 2.05) is 23.6 Å². The molecule has 1 aliphatic rings. The van der Waals surface area contributed by atoms with E-state index in [1.165, 1.54) is 0 Å². The molecule has 2 aromatic heterocycles. The van der Waals surface area contributed by atoms with E-state index in [2.05, 4.69) is 6.58 Å². The van der Waals surface area contributed by atoms with Gasteiger partial charge in [0.1, 0.15) is 5.76 Å². The van der Waals surface area contributed by atoms with Crippen molar-refractivity contribution < 1.29 is 13.9 Å². The highest BCUT2D eigenvalue weighted by Gasteiger charge is 2.42. The summed E-state index contributed by atoms with van der Waals surface area (Å²) in [7, 11) is 0. The average Bonchev–Trinajstić information content (AvgIpc) is 3.01. The molecule has 0 saturated carbocycles. The van der Waals surface area contributed by atoms with Crippen molar-refractivity contribution >= 4 is 17.3 Å². The smallest absolute Gasteiger partial charge is 0.334 e. The molecule has 2 aromatic rings. The highest BCUT2D eigenvalue weighted by Crippen LogP contribution is 2.46. The maximum absolute atomic E-state index is 11.6. The number of hydrogen-bond donors (Lipinski definition) is 0. The highest BCUT2D eigenvalue weighted by molar-refractivity contribution is 7.10. The van der Waals surface area contributed by atoms with Crippen LogP contribution in [-0.4, -0.2) is 5.97 Å². The SMILES string of the molecule is C=C1C(=O)O[C@@H](c2ccco2)[C@H]1c1cccs1. The predicted octanol–water partition coefficient (Wildman–Crippen LogP) is 3.28. The summed E-state index contributed by atoms with van der Waals surface area (Å²) in [6.07, 6.45) is 1.19. The molecule has 2 atom stereocenters. The normalized spacial score (nSPS) is 24.0. The van der Waals surface area contributed by atoms with Crippen LogP contribution in [0.4, 0.5) is 0 Å². The van der Waals surface area contributed by atoms with Crippen LogP contribution in [0.3, 0.4) is 0 Å². The topological polar surface area (TPSA) is 39.4 Å². The zero-order valence-electron chi connectivity index (χ0n) is 8.96. The van der Waals surface area contributed by atoms with E-state index in [0.29, 0.717) is 11.3 Å². The molecule has 17 heavy (non-hydrogen) atoms. The first-order chi connectivity index (χ1) is 8.27. The Labute approximate surface area is 102 Å². The Bertz CT molecular complexity index is 539. The Hall–Kier alpha value is -1.81. The van der Waals surface area contributed by atoms with Gasteiger partial charge in [-0.1, -0.05) is 12.6 Å². The van der Waals surface area contributed by atoms with Crippen molar-refractivity contribution in [2.24, 2.45) is 0 Å². The summed E-state index contributed by atoms with van der Waals surface area (Å²) < 4.78 is 10.7. The fourth-order valence-corrected chi connectivity index (χ4v) is 2.92. The fourth-order valence-electron chi connectivity index (χ4n) is 2.03. The van der Waals surface area contributed by atoms with Crippen molar-refractivity contribution in [1.82, 2.24) is 0 Å². The molecule has 0 N–H and O–H groups in total. The fraction of sp³-hybridized carbons (Fsp3) is 0.154. The van der Waals surface area contributed by atoms with E-state index in [1.54, 1.807) is 23.7 Å². The Balaban J connectivity index is 2.03. The summed E-state index contributed by atoms with van der Waals surface area (Å²) in [5, 5.41) is 1.98. The first-order valence-corrected chi connectivity index (χ1v) is 6.12. The lowest BCUT2D eigenvalue weighted by atomic mass is 9.94. The molecule has 1 fully saturated rings. The van der Waals surface area contributed by atoms with E-state index in [9.17, 15) is 4.79 Å². The highest BCUT2D eigenvalue weighted by atomic mass is 32.1. The number of esters is 1. The minimum absolute atomic E-state index is 0.131. The molecule has 0 aliphatic carbocycles. The van der Waals surface area contributed by atoms with Crippen molar-refractivity contribution in [2.45, 2.75) is 12.0 Å². The summed E-state index contributed by atoms with van der Waals surface area (Å²) in [4.78, 5) is 12.7. The number of hydrogen-bond acceptors (Lipinski definition) is 4. The van der Waals surface area contributed by atoms with Crippen molar-refractivity contribution in [3.8, 4) is 0 Å². The monoisotopic (exact) mass is 246 g/mol. The third-order valence-electron chi connectivity index (χ3n) is 2.85. The Kier molecular flexibility index (Phi) is 2.37. The van der Waals surface area contributed by atoms with Crippen LogP contribution in [0.1, 0.15) is 22.7 Å². The number of carbonyl (C=O) groups excluding carboxylic acids is 1. The maximum atomic E-state index is 11.6. The quantitative estimate of drug-likeness (QED) is 0.603. The van der Waals surface area contributed by atoms with Gasteiger partial charge in [-0.15, -0.1) is 11.3 Å². The molecule has 1 saturated heterocycles. The van der Waals surface area contributed by atoms with Crippen molar-refractivity contribution in [3.63, 3.8) is 0 Å². The first-order valence-electron chi connectivity index (χ1n) is 5.24. The van der Waals surface area contributed by atoms with E-state index in [4.69, 9.17) is 9.15 Å². The van der Waals surface area contributed by atoms with Crippen LogP contribution in [0.5, 0.6) is 0 Å². The summed E-state index contributed by atoms with van der Waals surface area (Å²) in [5.41, 5.74) is 0.494. The number of ether oxygens (including phenoxy) is 1. The van der Waals surface area contributed by atoms with E-state index in [-0.39, 0.29) is 18.0 Å². The average molecular weight is 246 g/mol. The lowest BCUT2D eigenvalue weighted by Crippen LogP contribution is -2.04. The molecule has 3 heterocycles. The second-order valence-electron chi connectivity index (χ2n) is 3.86. The van der Waals surface area contributed by atoms with Crippen LogP contribution in [-0.2, 0) is 9.53 Å². The zero-order chi connectivity index (χ0) is 11.8. The number of rotatable bonds is 2. The molecule has 3 nitrogen and oxygen atoms in total. The molecule has 0 aromatic carbocycles. The van der Waals surface area contributed by atoms with E-state index >= 15 is 0 Å². The van der Waals surface area contributed by atoms with Gasteiger partial charge in [0.15, 0.2) is 6.10 Å². The van der Waals surface area contributed by atoms with Gasteiger partial charge >= 0.3 is 5.97 Å². The van der Waals surface area contributed by atoms with Gasteiger partial charge in [-0.05, 0) is 23.6 Å². The van der Waals surface area contributed by atoms with Crippen molar-refractivity contribution in [3.05, 3.63) is 58.7 Å². The molecule has 0 unspecified atom stereocenters. The van der Waals surface area contributed by atoms with Gasteiger partial charge in [0.2, 0.25) is 0 Å². The predicted molar refractivity (Wildman–Crippen MR) is 63.7 cm³/mol. The molecular weight excluding hydrogens is 236 g/mol. The van der Waals surface area contributed by atoms with Crippen LogP contribution < -0.4 is 0 Å². The lowest BCUT2D eigenvalue weighted by molar-refractivity contribution is -0.139. The minimum Gasteiger partial charge on any atom is -0.465 e. The number of cyclic esters (lactones) is 1. The van der Waals surface area contributed by atoms with Gasteiger partial charge in [0.05, 0.1) is 12.2 Å². The van der Waals surface area contributed by atoms with E-state index < -0.39 is 0 Å². The number of furan rings is 1. The molecule has 86 valence electrons. The summed E-state index contributed by atoms with van der Waals surface area (Å²) in [6.45, 7) is 3.82. The Morgan fingerprint density at radius 1 is 1.29 bits per heavy atom. The summed E-state index contributed by atoms with van der Waals surface area (Å²) >= 11 is 1.59. The second kappa shape index (κ2) is 3.89. The number of thiophene rings is 1. The molecule has 1 aliphatic heterocycles. The molecule has 0 radical (unpaired) electrons. The second-order valence-corrected chi connectivity index (χ2v) is 4.84. The Morgan fingerprint density at radius 3 is 2.82 bits per heavy atom. The lowest BCUT2D eigenvalue weighted by Gasteiger charge is -2.13. The van der Waals surface area contributed by atoms with Gasteiger partial charge in [-0.2, -0.15) is 0 Å². The first kappa shape index (κ1) is 10.4. The number of carbonyl (C=O) groups is 1. The van der Waals surface area contributed by atoms with Crippen molar-refractivity contribution in [2.75, 3.05) is 0 Å². The molecule has 3 rings (SSSR count). The minimum atomic E-state index is -0.386. The Morgan fingerprint density at radius 2 is 2.18 bits per heavy atom. The molecule has 0 spiro atoms. The van der Waals surface area contributed by atoms with Gasteiger partial charge in [-0.25, -0.2) is 4.79 Å². The van der Waals surface area contributed by atoms with Gasteiger partial charge < -0.3 is 9.15 Å². The molecule has 0 amide bonds. The van der Waals surface area contributed by atoms with Crippen LogP contribution in [0.25, 0.3) is 0 Å². The van der Waals surface area contributed by atoms with E-state index in [0.717, 1.165) is 4.88 Å². The summed E-state index contributed by atoms with van der Waals surface area (Å²) in [5.74, 6) is 0.189. The van der Waals surface area contributed by atoms with Crippen molar-refractivity contribution in [1.29, 1.82) is 0 Å². The zero-order valence-corrected chi connectivity index (χ0v) is 9.78. The van der Waals surface area contributed by atoms with Gasteiger partial charge in [0.25, 0.3) is 0 Å². The largest absolute Gasteiger partial charge is 0.465 e. The van der Waals surface area contributed by atoms with Crippen LogP contribution in [0, 0.1) is 0 Å². The third-order valence-corrected chi connectivity index (χ3v) is 3.80. The van der Waals surface area contributed by atoms with Crippen LogP contribution >= 0.6 is 11.3 Å². The molecule has 4 heteroatoms. The summed E-state index contributed by atoms with van der Waals surface area (Å²) in [6, 6.07) is 7.54. The third kappa shape index (κ3) is 1.61.